The van der Waals surface area contributed by atoms with Crippen molar-refractivity contribution < 1.29 is 4.74 Å². The van der Waals surface area contributed by atoms with Gasteiger partial charge in [0.2, 0.25) is 0 Å². The van der Waals surface area contributed by atoms with Crippen molar-refractivity contribution in [2.45, 2.75) is 37.0 Å². The molecule has 0 radical (unpaired) electrons. The van der Waals surface area contributed by atoms with Gasteiger partial charge in [-0.05, 0) is 62.7 Å². The van der Waals surface area contributed by atoms with Crippen LogP contribution in [-0.2, 0) is 6.42 Å². The Morgan fingerprint density at radius 2 is 2.32 bits per heavy atom. The van der Waals surface area contributed by atoms with Crippen LogP contribution in [0.3, 0.4) is 0 Å². The van der Waals surface area contributed by atoms with E-state index in [0.717, 1.165) is 12.2 Å². The van der Waals surface area contributed by atoms with Crippen molar-refractivity contribution in [3.05, 3.63) is 28.2 Å². The number of rotatable bonds is 5. The van der Waals surface area contributed by atoms with Gasteiger partial charge in [-0.15, -0.1) is 0 Å². The van der Waals surface area contributed by atoms with E-state index in [-0.39, 0.29) is 0 Å². The van der Waals surface area contributed by atoms with Gasteiger partial charge in [0.15, 0.2) is 0 Å². The molecule has 0 bridgehead atoms. The summed E-state index contributed by atoms with van der Waals surface area (Å²) in [6.45, 7) is 2.39. The molecular formula is C15H22BrNOS. The molecule has 1 aromatic carbocycles. The molecule has 2 nitrogen and oxygen atoms in total. The van der Waals surface area contributed by atoms with Crippen molar-refractivity contribution in [3.63, 3.8) is 0 Å². The fraction of sp³-hybridized carbons (Fsp3) is 0.600. The number of halogens is 1. The fourth-order valence-corrected chi connectivity index (χ4v) is 4.61. The van der Waals surface area contributed by atoms with E-state index >= 15 is 0 Å². The Bertz CT molecular complexity index is 432. The lowest BCUT2D eigenvalue weighted by molar-refractivity contribution is 0.409. The van der Waals surface area contributed by atoms with Crippen molar-refractivity contribution >= 4 is 27.7 Å². The summed E-state index contributed by atoms with van der Waals surface area (Å²) in [5.74, 6) is 2.21. The second kappa shape index (κ2) is 6.51. The Kier molecular flexibility index (Phi) is 5.21. The Hall–Kier alpha value is -0.190. The molecule has 0 saturated carbocycles. The Morgan fingerprint density at radius 3 is 2.89 bits per heavy atom. The summed E-state index contributed by atoms with van der Waals surface area (Å²) in [6, 6.07) is 6.69. The summed E-state index contributed by atoms with van der Waals surface area (Å²) >= 11 is 5.76. The fourth-order valence-electron chi connectivity index (χ4n) is 2.75. The summed E-state index contributed by atoms with van der Waals surface area (Å²) in [5.41, 5.74) is 1.31. The van der Waals surface area contributed by atoms with Crippen LogP contribution in [0.5, 0.6) is 5.75 Å². The number of nitrogens with one attached hydrogen (secondary N) is 1. The predicted molar refractivity (Wildman–Crippen MR) is 87.3 cm³/mol. The van der Waals surface area contributed by atoms with E-state index in [4.69, 9.17) is 4.74 Å². The summed E-state index contributed by atoms with van der Waals surface area (Å²) in [4.78, 5) is 0. The number of ether oxygens (including phenoxy) is 1. The van der Waals surface area contributed by atoms with Crippen molar-refractivity contribution in [3.8, 4) is 5.75 Å². The molecule has 2 rings (SSSR count). The van der Waals surface area contributed by atoms with Gasteiger partial charge >= 0.3 is 0 Å². The minimum atomic E-state index is 0.345. The maximum Gasteiger partial charge on any atom is 0.119 e. The van der Waals surface area contributed by atoms with Crippen LogP contribution in [0.15, 0.2) is 22.7 Å². The SMILES string of the molecule is CNC(Cc1cc(OC)ccc1Br)C1(C)CCCS1. The topological polar surface area (TPSA) is 21.3 Å². The van der Waals surface area contributed by atoms with E-state index in [1.807, 2.05) is 6.07 Å². The van der Waals surface area contributed by atoms with Crippen LogP contribution in [0.25, 0.3) is 0 Å². The lowest BCUT2D eigenvalue weighted by atomic mass is 9.91. The highest BCUT2D eigenvalue weighted by atomic mass is 79.9. The van der Waals surface area contributed by atoms with Crippen molar-refractivity contribution in [2.75, 3.05) is 19.9 Å². The molecule has 106 valence electrons. The second-order valence-electron chi connectivity index (χ2n) is 5.27. The first-order chi connectivity index (χ1) is 9.09. The maximum absolute atomic E-state index is 5.33. The van der Waals surface area contributed by atoms with Gasteiger partial charge in [0, 0.05) is 15.3 Å². The van der Waals surface area contributed by atoms with Crippen molar-refractivity contribution in [1.82, 2.24) is 5.32 Å². The van der Waals surface area contributed by atoms with Crippen LogP contribution in [0.2, 0.25) is 0 Å². The van der Waals surface area contributed by atoms with Crippen LogP contribution in [-0.4, -0.2) is 30.7 Å². The summed E-state index contributed by atoms with van der Waals surface area (Å²) in [5, 5.41) is 3.52. The van der Waals surface area contributed by atoms with E-state index in [1.165, 1.54) is 28.6 Å². The number of methoxy groups -OCH3 is 1. The van der Waals surface area contributed by atoms with Crippen molar-refractivity contribution in [2.24, 2.45) is 0 Å². The van der Waals surface area contributed by atoms with Crippen LogP contribution >= 0.6 is 27.7 Å². The summed E-state index contributed by atoms with van der Waals surface area (Å²) in [6.07, 6.45) is 3.65. The molecule has 2 atom stereocenters. The van der Waals surface area contributed by atoms with Gasteiger partial charge < -0.3 is 10.1 Å². The maximum atomic E-state index is 5.33. The Labute approximate surface area is 128 Å². The largest absolute Gasteiger partial charge is 0.497 e. The van der Waals surface area contributed by atoms with Crippen LogP contribution < -0.4 is 10.1 Å². The zero-order valence-electron chi connectivity index (χ0n) is 11.8. The molecule has 0 aliphatic carbocycles. The molecule has 4 heteroatoms. The molecule has 19 heavy (non-hydrogen) atoms. The average molecular weight is 344 g/mol. The molecule has 1 heterocycles. The smallest absolute Gasteiger partial charge is 0.119 e. The molecule has 1 aliphatic rings. The molecule has 2 unspecified atom stereocenters. The summed E-state index contributed by atoms with van der Waals surface area (Å²) in [7, 11) is 3.79. The number of benzene rings is 1. The van der Waals surface area contributed by atoms with Gasteiger partial charge in [-0.2, -0.15) is 11.8 Å². The van der Waals surface area contributed by atoms with Crippen molar-refractivity contribution in [1.29, 1.82) is 0 Å². The second-order valence-corrected chi connectivity index (χ2v) is 7.75. The van der Waals surface area contributed by atoms with Crippen LogP contribution in [0, 0.1) is 0 Å². The molecule has 1 saturated heterocycles. The van der Waals surface area contributed by atoms with Gasteiger partial charge in [-0.1, -0.05) is 15.9 Å². The highest BCUT2D eigenvalue weighted by molar-refractivity contribution is 9.10. The first-order valence-electron chi connectivity index (χ1n) is 6.72. The highest BCUT2D eigenvalue weighted by Crippen LogP contribution is 2.41. The van der Waals surface area contributed by atoms with Gasteiger partial charge in [0.05, 0.1) is 7.11 Å². The monoisotopic (exact) mass is 343 g/mol. The highest BCUT2D eigenvalue weighted by Gasteiger charge is 2.37. The zero-order valence-corrected chi connectivity index (χ0v) is 14.2. The molecule has 0 amide bonds. The van der Waals surface area contributed by atoms with Crippen LogP contribution in [0.4, 0.5) is 0 Å². The third-order valence-electron chi connectivity index (χ3n) is 4.01. The van der Waals surface area contributed by atoms with Gasteiger partial charge in [-0.3, -0.25) is 0 Å². The molecule has 1 N–H and O–H groups in total. The third kappa shape index (κ3) is 3.47. The predicted octanol–water partition coefficient (Wildman–Crippen LogP) is 3.87. The van der Waals surface area contributed by atoms with E-state index < -0.39 is 0 Å². The molecule has 1 aromatic rings. The van der Waals surface area contributed by atoms with Gasteiger partial charge in [-0.25, -0.2) is 0 Å². The van der Waals surface area contributed by atoms with E-state index in [1.54, 1.807) is 7.11 Å². The third-order valence-corrected chi connectivity index (χ3v) is 6.43. The molecule has 0 spiro atoms. The quantitative estimate of drug-likeness (QED) is 0.876. The number of thioether (sulfide) groups is 1. The lowest BCUT2D eigenvalue weighted by Crippen LogP contribution is -2.45. The minimum absolute atomic E-state index is 0.345. The zero-order chi connectivity index (χ0) is 13.9. The van der Waals surface area contributed by atoms with Gasteiger partial charge in [0.1, 0.15) is 5.75 Å². The van der Waals surface area contributed by atoms with E-state index in [9.17, 15) is 0 Å². The molecule has 1 fully saturated rings. The van der Waals surface area contributed by atoms with E-state index in [0.29, 0.717) is 10.8 Å². The Morgan fingerprint density at radius 1 is 1.53 bits per heavy atom. The number of hydrogen-bond donors (Lipinski definition) is 1. The first-order valence-corrected chi connectivity index (χ1v) is 8.50. The Balaban J connectivity index is 2.18. The normalized spacial score (nSPS) is 24.4. The standard InChI is InChI=1S/C15H22BrNOS/c1-15(7-4-8-19-15)14(17-2)10-11-9-12(18-3)5-6-13(11)16/h5-6,9,14,17H,4,7-8,10H2,1-3H3. The molecular weight excluding hydrogens is 322 g/mol. The van der Waals surface area contributed by atoms with Gasteiger partial charge in [0.25, 0.3) is 0 Å². The van der Waals surface area contributed by atoms with Crippen LogP contribution in [0.1, 0.15) is 25.3 Å². The molecule has 1 aliphatic heterocycles. The minimum Gasteiger partial charge on any atom is -0.497 e. The molecule has 0 aromatic heterocycles. The number of likely N-dealkylation sites (N-methyl/N-ethyl adjacent to an activating group) is 1. The first kappa shape index (κ1) is 15.2. The number of hydrogen-bond acceptors (Lipinski definition) is 3. The summed E-state index contributed by atoms with van der Waals surface area (Å²) < 4.78 is 6.84. The lowest BCUT2D eigenvalue weighted by Gasteiger charge is -2.33. The average Bonchev–Trinajstić information content (AvgIpc) is 2.85. The van der Waals surface area contributed by atoms with E-state index in [2.05, 4.69) is 59.1 Å².